The molecule has 0 aromatic heterocycles. The van der Waals surface area contributed by atoms with Crippen molar-refractivity contribution in [3.63, 3.8) is 0 Å². The molecule has 50 valence electrons. The Hall–Kier alpha value is -0.770. The van der Waals surface area contributed by atoms with E-state index >= 15 is 0 Å². The lowest BCUT2D eigenvalue weighted by molar-refractivity contribution is -0.385. The summed E-state index contributed by atoms with van der Waals surface area (Å²) in [7, 11) is 0. The van der Waals surface area contributed by atoms with E-state index in [1.54, 1.807) is 0 Å². The lowest BCUT2D eigenvalue weighted by atomic mass is 10.3. The first-order valence-corrected chi connectivity index (χ1v) is 2.87. The van der Waals surface area contributed by atoms with Gasteiger partial charge in [-0.05, 0) is 6.42 Å². The number of rotatable bonds is 0. The monoisotopic (exact) mass is 130 g/mol. The Morgan fingerprint density at radius 1 is 1.44 bits per heavy atom. The molecule has 0 saturated carbocycles. The van der Waals surface area contributed by atoms with Crippen LogP contribution in [0.15, 0.2) is 0 Å². The van der Waals surface area contributed by atoms with Gasteiger partial charge in [0.1, 0.15) is 0 Å². The fourth-order valence-electron chi connectivity index (χ4n) is 1.01. The van der Waals surface area contributed by atoms with Gasteiger partial charge in [-0.3, -0.25) is 0 Å². The molecule has 2 rings (SSSR count). The fourth-order valence-corrected chi connectivity index (χ4v) is 1.01. The van der Waals surface area contributed by atoms with Crippen LogP contribution in [-0.2, 0) is 14.2 Å². The topological polar surface area (TPSA) is 44.8 Å². The van der Waals surface area contributed by atoms with E-state index in [2.05, 4.69) is 9.47 Å². The minimum atomic E-state index is -0.961. The molecule has 4 heteroatoms. The van der Waals surface area contributed by atoms with Crippen molar-refractivity contribution < 1.29 is 19.0 Å². The summed E-state index contributed by atoms with van der Waals surface area (Å²) in [5.41, 5.74) is 0. The van der Waals surface area contributed by atoms with Gasteiger partial charge in [0.25, 0.3) is 0 Å². The Kier molecular flexibility index (Phi) is 0.778. The number of carbonyl (C=O) groups is 1. The van der Waals surface area contributed by atoms with Crippen molar-refractivity contribution >= 4 is 6.16 Å². The van der Waals surface area contributed by atoms with Crippen molar-refractivity contribution in [3.8, 4) is 0 Å². The second-order valence-electron chi connectivity index (χ2n) is 2.09. The highest BCUT2D eigenvalue weighted by atomic mass is 17.0. The van der Waals surface area contributed by atoms with Crippen LogP contribution in [0, 0.1) is 0 Å². The Balaban J connectivity index is 2.03. The molecule has 2 aliphatic heterocycles. The summed E-state index contributed by atoms with van der Waals surface area (Å²) >= 11 is 0. The molecule has 0 aromatic rings. The maximum atomic E-state index is 10.1. The molecule has 2 saturated heterocycles. The van der Waals surface area contributed by atoms with Gasteiger partial charge in [-0.25, -0.2) is 4.79 Å². The van der Waals surface area contributed by atoms with Crippen molar-refractivity contribution in [1.82, 2.24) is 0 Å². The average molecular weight is 130 g/mol. The van der Waals surface area contributed by atoms with Crippen LogP contribution in [0.3, 0.4) is 0 Å². The summed E-state index contributed by atoms with van der Waals surface area (Å²) in [6.07, 6.45) is 0.934. The predicted octanol–water partition coefficient (Wildman–Crippen LogP) is 0.617. The number of hydrogen-bond acceptors (Lipinski definition) is 4. The van der Waals surface area contributed by atoms with E-state index in [-0.39, 0.29) is 0 Å². The molecule has 2 heterocycles. The first-order valence-electron chi connectivity index (χ1n) is 2.87. The molecule has 0 aliphatic carbocycles. The zero-order valence-electron chi connectivity index (χ0n) is 4.75. The first-order chi connectivity index (χ1) is 4.31. The van der Waals surface area contributed by atoms with Crippen molar-refractivity contribution in [2.45, 2.75) is 18.8 Å². The quantitative estimate of drug-likeness (QED) is 0.451. The molecular formula is C5H6O4. The summed E-state index contributed by atoms with van der Waals surface area (Å²) in [6.45, 7) is 0.618. The average Bonchev–Trinajstić information content (AvgIpc) is 2.12. The van der Waals surface area contributed by atoms with Crippen LogP contribution in [0.2, 0.25) is 0 Å². The smallest absolute Gasteiger partial charge is 0.365 e. The molecule has 0 aromatic carbocycles. The number of ether oxygens (including phenoxy) is 3. The van der Waals surface area contributed by atoms with Crippen LogP contribution in [-0.4, -0.2) is 18.7 Å². The SMILES string of the molecule is O=C1OC2(CCCO2)O1. The van der Waals surface area contributed by atoms with Gasteiger partial charge in [-0.2, -0.15) is 0 Å². The summed E-state index contributed by atoms with van der Waals surface area (Å²) in [6, 6.07) is 0. The van der Waals surface area contributed by atoms with Crippen LogP contribution >= 0.6 is 0 Å². The van der Waals surface area contributed by atoms with Gasteiger partial charge in [0, 0.05) is 0 Å². The zero-order valence-corrected chi connectivity index (χ0v) is 4.75. The van der Waals surface area contributed by atoms with Gasteiger partial charge in [0.15, 0.2) is 0 Å². The van der Waals surface area contributed by atoms with Gasteiger partial charge in [-0.1, -0.05) is 0 Å². The first kappa shape index (κ1) is 5.05. The largest absolute Gasteiger partial charge is 0.518 e. The molecule has 0 unspecified atom stereocenters. The molecule has 2 fully saturated rings. The molecule has 1 spiro atoms. The molecule has 9 heavy (non-hydrogen) atoms. The predicted molar refractivity (Wildman–Crippen MR) is 25.5 cm³/mol. The Bertz CT molecular complexity index is 137. The van der Waals surface area contributed by atoms with Crippen LogP contribution < -0.4 is 0 Å². The zero-order chi connectivity index (χ0) is 6.32. The van der Waals surface area contributed by atoms with E-state index in [0.29, 0.717) is 13.0 Å². The van der Waals surface area contributed by atoms with E-state index in [4.69, 9.17) is 4.74 Å². The molecule has 4 nitrogen and oxygen atoms in total. The highest BCUT2D eigenvalue weighted by molar-refractivity contribution is 5.65. The van der Waals surface area contributed by atoms with Crippen molar-refractivity contribution in [3.05, 3.63) is 0 Å². The number of carbonyl (C=O) groups excluding carboxylic acids is 1. The Morgan fingerprint density at radius 3 is 2.67 bits per heavy atom. The molecule has 0 bridgehead atoms. The third-order valence-electron chi connectivity index (χ3n) is 1.43. The van der Waals surface area contributed by atoms with Crippen LogP contribution in [0.4, 0.5) is 4.79 Å². The van der Waals surface area contributed by atoms with E-state index < -0.39 is 12.1 Å². The minimum Gasteiger partial charge on any atom is -0.365 e. The standard InChI is InChI=1S/C5H6O4/c6-4-8-5(9-4)2-1-3-7-5/h1-3H2. The highest BCUT2D eigenvalue weighted by Crippen LogP contribution is 2.35. The van der Waals surface area contributed by atoms with E-state index in [0.717, 1.165) is 6.42 Å². The van der Waals surface area contributed by atoms with Gasteiger partial charge >= 0.3 is 12.1 Å². The van der Waals surface area contributed by atoms with Gasteiger partial charge in [-0.15, -0.1) is 0 Å². The third kappa shape index (κ3) is 0.595. The lowest BCUT2D eigenvalue weighted by Gasteiger charge is -2.33. The number of hydrogen-bond donors (Lipinski definition) is 0. The van der Waals surface area contributed by atoms with Gasteiger partial charge in [0.05, 0.1) is 13.0 Å². The van der Waals surface area contributed by atoms with E-state index in [1.807, 2.05) is 0 Å². The molecule has 0 amide bonds. The molecule has 2 aliphatic rings. The maximum Gasteiger partial charge on any atom is 0.518 e. The summed E-state index contributed by atoms with van der Waals surface area (Å²) in [5, 5.41) is 0. The van der Waals surface area contributed by atoms with Gasteiger partial charge in [0.2, 0.25) is 0 Å². The normalized spacial score (nSPS) is 29.1. The summed E-state index contributed by atoms with van der Waals surface area (Å²) < 4.78 is 14.2. The second kappa shape index (κ2) is 1.39. The Morgan fingerprint density at radius 2 is 2.22 bits per heavy atom. The molecule has 0 atom stereocenters. The van der Waals surface area contributed by atoms with E-state index in [1.165, 1.54) is 0 Å². The van der Waals surface area contributed by atoms with Crippen molar-refractivity contribution in [2.24, 2.45) is 0 Å². The van der Waals surface area contributed by atoms with Crippen LogP contribution in [0.5, 0.6) is 0 Å². The summed E-state index contributed by atoms with van der Waals surface area (Å²) in [4.78, 5) is 10.1. The highest BCUT2D eigenvalue weighted by Gasteiger charge is 2.52. The summed E-state index contributed by atoms with van der Waals surface area (Å²) in [5.74, 6) is -0.961. The van der Waals surface area contributed by atoms with Crippen LogP contribution in [0.25, 0.3) is 0 Å². The maximum absolute atomic E-state index is 10.1. The van der Waals surface area contributed by atoms with Crippen molar-refractivity contribution in [2.75, 3.05) is 6.61 Å². The van der Waals surface area contributed by atoms with E-state index in [9.17, 15) is 4.79 Å². The third-order valence-corrected chi connectivity index (χ3v) is 1.43. The second-order valence-corrected chi connectivity index (χ2v) is 2.09. The minimum absolute atomic E-state index is 0.618. The molecule has 0 radical (unpaired) electrons. The van der Waals surface area contributed by atoms with Gasteiger partial charge < -0.3 is 14.2 Å². The fraction of sp³-hybridized carbons (Fsp3) is 0.800. The van der Waals surface area contributed by atoms with Crippen molar-refractivity contribution in [1.29, 1.82) is 0 Å². The lowest BCUT2D eigenvalue weighted by Crippen LogP contribution is -2.49. The molecule has 0 N–H and O–H groups in total. The Labute approximate surface area is 51.7 Å². The van der Waals surface area contributed by atoms with Crippen LogP contribution in [0.1, 0.15) is 12.8 Å². The molecular weight excluding hydrogens is 124 g/mol.